The van der Waals surface area contributed by atoms with Gasteiger partial charge in [0, 0.05) is 32.8 Å². The number of unbranched alkanes of at least 4 members (excludes halogenated alkanes) is 1. The average Bonchev–Trinajstić information content (AvgIpc) is 3.23. The van der Waals surface area contributed by atoms with Gasteiger partial charge in [-0.25, -0.2) is 4.98 Å². The van der Waals surface area contributed by atoms with Crippen LogP contribution in [0.15, 0.2) is 47.4 Å². The molecular weight excluding hydrogens is 470 g/mol. The molecule has 0 saturated heterocycles. The molecule has 9 heteroatoms. The molecule has 2 N–H and O–H groups in total. The van der Waals surface area contributed by atoms with Crippen molar-refractivity contribution in [1.82, 2.24) is 19.4 Å². The summed E-state index contributed by atoms with van der Waals surface area (Å²) >= 11 is 0. The summed E-state index contributed by atoms with van der Waals surface area (Å²) in [6.07, 6.45) is 7.16. The van der Waals surface area contributed by atoms with E-state index in [1.54, 1.807) is 45.6 Å². The molecule has 0 aliphatic heterocycles. The van der Waals surface area contributed by atoms with Crippen LogP contribution in [-0.2, 0) is 22.6 Å². The number of carbonyl (C=O) groups excluding carboxylic acids is 2. The van der Waals surface area contributed by atoms with Crippen LogP contribution in [0.4, 0.5) is 5.69 Å². The van der Waals surface area contributed by atoms with Crippen molar-refractivity contribution in [2.45, 2.75) is 53.0 Å². The third-order valence-corrected chi connectivity index (χ3v) is 5.73. The maximum atomic E-state index is 13.0. The maximum Gasteiger partial charge on any atom is 0.274 e. The van der Waals surface area contributed by atoms with Crippen LogP contribution in [0.1, 0.15) is 51.4 Å². The molecule has 198 valence electrons. The van der Waals surface area contributed by atoms with E-state index in [2.05, 4.69) is 31.1 Å². The minimum absolute atomic E-state index is 0.0712. The highest BCUT2D eigenvalue weighted by Gasteiger charge is 2.18. The van der Waals surface area contributed by atoms with E-state index in [1.165, 1.54) is 15.5 Å². The summed E-state index contributed by atoms with van der Waals surface area (Å²) in [6, 6.07) is 7.24. The Hall–Kier alpha value is -3.88. The minimum Gasteiger partial charge on any atom is -0.497 e. The number of nitrogens with zero attached hydrogens (tertiary/aromatic N) is 3. The molecule has 0 atom stereocenters. The molecule has 2 amide bonds. The molecule has 0 aliphatic rings. The van der Waals surface area contributed by atoms with Crippen molar-refractivity contribution in [3.63, 3.8) is 0 Å². The number of allylic oxidation sites excluding steroid dienone is 1. The summed E-state index contributed by atoms with van der Waals surface area (Å²) in [6.45, 7) is 6.76. The zero-order valence-electron chi connectivity index (χ0n) is 22.6. The zero-order valence-corrected chi connectivity index (χ0v) is 22.6. The number of benzene rings is 1. The predicted molar refractivity (Wildman–Crippen MR) is 146 cm³/mol. The third-order valence-electron chi connectivity index (χ3n) is 5.73. The number of aromatic nitrogens is 3. The molecule has 3 aromatic rings. The lowest BCUT2D eigenvalue weighted by Gasteiger charge is -2.18. The lowest BCUT2D eigenvalue weighted by molar-refractivity contribution is -0.123. The van der Waals surface area contributed by atoms with Gasteiger partial charge in [0.25, 0.3) is 5.56 Å². The Balaban J connectivity index is 1.70. The Kier molecular flexibility index (Phi) is 8.91. The van der Waals surface area contributed by atoms with Gasteiger partial charge in [0.2, 0.25) is 11.8 Å². The lowest BCUT2D eigenvalue weighted by atomic mass is 9.87. The number of carbonyl (C=O) groups is 2. The second kappa shape index (κ2) is 11.9. The van der Waals surface area contributed by atoms with Gasteiger partial charge in [0.15, 0.2) is 0 Å². The molecule has 0 saturated carbocycles. The van der Waals surface area contributed by atoms with Gasteiger partial charge < -0.3 is 24.5 Å². The van der Waals surface area contributed by atoms with E-state index in [1.807, 2.05) is 12.1 Å². The molecule has 0 fully saturated rings. The number of imidazole rings is 1. The standard InChI is InChI=1S/C28H37N5O4/c1-28(2,3)17-19-15-20(37-6)16-22-26(19)31-23(29-22)18-33-14-10-11-21(27(33)36)30-24(34)12-8-7-9-13-25(35)32(4)5/h9-11,13-16H,7-8,12,17-18H2,1-6H3,(H,29,31)(H,30,34)/b13-9+. The Morgan fingerprint density at radius 1 is 1.24 bits per heavy atom. The largest absolute Gasteiger partial charge is 0.497 e. The molecule has 1 aromatic carbocycles. The van der Waals surface area contributed by atoms with E-state index in [9.17, 15) is 14.4 Å². The number of H-pyrrole nitrogens is 1. The van der Waals surface area contributed by atoms with E-state index in [0.29, 0.717) is 18.7 Å². The molecule has 37 heavy (non-hydrogen) atoms. The number of pyridine rings is 1. The molecule has 0 unspecified atom stereocenters. The number of hydrogen-bond donors (Lipinski definition) is 2. The molecule has 3 rings (SSSR count). The zero-order chi connectivity index (χ0) is 27.2. The molecule has 0 bridgehead atoms. The number of ether oxygens (including phenoxy) is 1. The first kappa shape index (κ1) is 27.7. The van der Waals surface area contributed by atoms with Crippen LogP contribution in [0, 0.1) is 5.41 Å². The van der Waals surface area contributed by atoms with Gasteiger partial charge in [-0.2, -0.15) is 0 Å². The fraction of sp³-hybridized carbons (Fsp3) is 0.429. The normalized spacial score (nSPS) is 11.7. The molecule has 0 radical (unpaired) electrons. The van der Waals surface area contributed by atoms with Crippen LogP contribution in [0.3, 0.4) is 0 Å². The summed E-state index contributed by atoms with van der Waals surface area (Å²) in [5, 5.41) is 2.71. The summed E-state index contributed by atoms with van der Waals surface area (Å²) in [7, 11) is 5.01. The van der Waals surface area contributed by atoms with Crippen molar-refractivity contribution >= 4 is 28.5 Å². The highest BCUT2D eigenvalue weighted by molar-refractivity contribution is 5.90. The minimum atomic E-state index is -0.305. The SMILES string of the molecule is COc1cc(CC(C)(C)C)c2nc(Cn3cccc(NC(=O)CCC/C=C/C(=O)N(C)C)c3=O)[nH]c2c1. The van der Waals surface area contributed by atoms with Crippen molar-refractivity contribution in [2.24, 2.45) is 5.41 Å². The van der Waals surface area contributed by atoms with Gasteiger partial charge in [-0.1, -0.05) is 26.8 Å². The quantitative estimate of drug-likeness (QED) is 0.317. The van der Waals surface area contributed by atoms with E-state index in [4.69, 9.17) is 9.72 Å². The number of anilines is 1. The van der Waals surface area contributed by atoms with E-state index < -0.39 is 0 Å². The molecule has 2 aromatic heterocycles. The number of aromatic amines is 1. The van der Waals surface area contributed by atoms with E-state index in [-0.39, 0.29) is 41.4 Å². The fourth-order valence-electron chi connectivity index (χ4n) is 3.95. The molecule has 2 heterocycles. The van der Waals surface area contributed by atoms with E-state index in [0.717, 1.165) is 28.8 Å². The highest BCUT2D eigenvalue weighted by Crippen LogP contribution is 2.29. The maximum absolute atomic E-state index is 13.0. The number of rotatable bonds is 10. The number of amides is 2. The van der Waals surface area contributed by atoms with Crippen molar-refractivity contribution in [3.8, 4) is 5.75 Å². The van der Waals surface area contributed by atoms with Crippen molar-refractivity contribution in [3.05, 3.63) is 64.4 Å². The Labute approximate surface area is 217 Å². The number of methoxy groups -OCH3 is 1. The smallest absolute Gasteiger partial charge is 0.274 e. The second-order valence-corrected chi connectivity index (χ2v) is 10.5. The highest BCUT2D eigenvalue weighted by atomic mass is 16.5. The average molecular weight is 508 g/mol. The van der Waals surface area contributed by atoms with Gasteiger partial charge in [0.1, 0.15) is 17.3 Å². The fourth-order valence-corrected chi connectivity index (χ4v) is 3.95. The summed E-state index contributed by atoms with van der Waals surface area (Å²) in [5.41, 5.74) is 2.79. The number of likely N-dealkylation sites (N-methyl/N-ethyl adjacent to an activating group) is 1. The van der Waals surface area contributed by atoms with Crippen LogP contribution in [0.25, 0.3) is 11.0 Å². The summed E-state index contributed by atoms with van der Waals surface area (Å²) in [4.78, 5) is 46.5. The van der Waals surface area contributed by atoms with Crippen LogP contribution in [0.2, 0.25) is 0 Å². The third kappa shape index (κ3) is 7.80. The van der Waals surface area contributed by atoms with Gasteiger partial charge >= 0.3 is 0 Å². The summed E-state index contributed by atoms with van der Waals surface area (Å²) < 4.78 is 6.99. The van der Waals surface area contributed by atoms with Gasteiger partial charge in [0.05, 0.1) is 24.7 Å². The topological polar surface area (TPSA) is 109 Å². The van der Waals surface area contributed by atoms with Gasteiger partial charge in [-0.3, -0.25) is 14.4 Å². The Morgan fingerprint density at radius 2 is 2.00 bits per heavy atom. The van der Waals surface area contributed by atoms with Crippen LogP contribution in [0.5, 0.6) is 5.75 Å². The number of nitrogens with one attached hydrogen (secondary N) is 2. The van der Waals surface area contributed by atoms with Crippen LogP contribution < -0.4 is 15.6 Å². The summed E-state index contributed by atoms with van der Waals surface area (Å²) in [5.74, 6) is 1.06. The Bertz CT molecular complexity index is 1340. The van der Waals surface area contributed by atoms with Crippen molar-refractivity contribution in [1.29, 1.82) is 0 Å². The first-order chi connectivity index (χ1) is 17.5. The van der Waals surface area contributed by atoms with Gasteiger partial charge in [-0.05, 0) is 54.5 Å². The second-order valence-electron chi connectivity index (χ2n) is 10.5. The van der Waals surface area contributed by atoms with E-state index >= 15 is 0 Å². The van der Waals surface area contributed by atoms with Crippen molar-refractivity contribution < 1.29 is 14.3 Å². The van der Waals surface area contributed by atoms with Crippen LogP contribution >= 0.6 is 0 Å². The first-order valence-electron chi connectivity index (χ1n) is 12.4. The number of hydrogen-bond acceptors (Lipinski definition) is 5. The first-order valence-corrected chi connectivity index (χ1v) is 12.4. The number of fused-ring (bicyclic) bond motifs is 1. The molecule has 9 nitrogen and oxygen atoms in total. The van der Waals surface area contributed by atoms with Crippen LogP contribution in [-0.4, -0.2) is 52.5 Å². The predicted octanol–water partition coefficient (Wildman–Crippen LogP) is 4.12. The molecular formula is C28H37N5O4. The Morgan fingerprint density at radius 3 is 2.68 bits per heavy atom. The molecule has 0 aliphatic carbocycles. The molecule has 0 spiro atoms. The lowest BCUT2D eigenvalue weighted by Crippen LogP contribution is -2.26. The van der Waals surface area contributed by atoms with Crippen molar-refractivity contribution in [2.75, 3.05) is 26.5 Å². The monoisotopic (exact) mass is 507 g/mol. The van der Waals surface area contributed by atoms with Gasteiger partial charge in [-0.15, -0.1) is 0 Å².